The van der Waals surface area contributed by atoms with Crippen molar-refractivity contribution in [3.63, 3.8) is 0 Å². The molecule has 0 aliphatic carbocycles. The van der Waals surface area contributed by atoms with Gasteiger partial charge in [-0.05, 0) is 67.6 Å². The Bertz CT molecular complexity index is 1720. The lowest BCUT2D eigenvalue weighted by atomic mass is 10.1. The third-order valence-electron chi connectivity index (χ3n) is 5.44. The van der Waals surface area contributed by atoms with Crippen molar-refractivity contribution in [2.75, 3.05) is 0 Å². The lowest BCUT2D eigenvalue weighted by molar-refractivity contribution is 0.468. The molecule has 0 aliphatic rings. The number of halogens is 1. The van der Waals surface area contributed by atoms with Crippen molar-refractivity contribution in [3.05, 3.63) is 112 Å². The Morgan fingerprint density at radius 3 is 2.36 bits per heavy atom. The molecule has 0 N–H and O–H groups in total. The van der Waals surface area contributed by atoms with Gasteiger partial charge in [-0.15, -0.1) is 0 Å². The highest BCUT2D eigenvalue weighted by Gasteiger charge is 2.23. The van der Waals surface area contributed by atoms with Crippen LogP contribution in [0.4, 0.5) is 4.39 Å². The zero-order chi connectivity index (χ0) is 25.3. The zero-order valence-corrected chi connectivity index (χ0v) is 19.8. The molecule has 0 amide bonds. The highest BCUT2D eigenvalue weighted by Crippen LogP contribution is 2.23. The minimum Gasteiger partial charge on any atom is -0.352 e. The topological polar surface area (TPSA) is 104 Å². The number of pyridine rings is 2. The summed E-state index contributed by atoms with van der Waals surface area (Å²) >= 11 is 0. The van der Waals surface area contributed by atoms with E-state index in [4.69, 9.17) is 4.18 Å². The molecule has 0 spiro atoms. The molecule has 5 aromatic rings. The highest BCUT2D eigenvalue weighted by atomic mass is 32.2. The van der Waals surface area contributed by atoms with E-state index < -0.39 is 21.6 Å². The fraction of sp³-hybridized carbons (Fsp3) is 0.0769. The van der Waals surface area contributed by atoms with Gasteiger partial charge in [0.1, 0.15) is 16.2 Å². The molecule has 2 aromatic carbocycles. The van der Waals surface area contributed by atoms with Crippen LogP contribution < -0.4 is 9.74 Å². The van der Waals surface area contributed by atoms with Crippen LogP contribution in [0.5, 0.6) is 5.88 Å². The van der Waals surface area contributed by atoms with Gasteiger partial charge >= 0.3 is 15.7 Å². The third kappa shape index (κ3) is 4.71. The normalized spacial score (nSPS) is 11.5. The Balaban J connectivity index is 1.65. The van der Waals surface area contributed by atoms with Gasteiger partial charge in [-0.25, -0.2) is 14.4 Å². The fourth-order valence-corrected chi connectivity index (χ4v) is 4.47. The molecule has 0 atom stereocenters. The van der Waals surface area contributed by atoms with Crippen LogP contribution in [0.15, 0.2) is 94.7 Å². The number of nitrogens with zero attached hydrogens (tertiary/aromatic N) is 4. The van der Waals surface area contributed by atoms with E-state index in [0.717, 1.165) is 5.56 Å². The van der Waals surface area contributed by atoms with E-state index >= 15 is 0 Å². The first-order valence-corrected chi connectivity index (χ1v) is 12.3. The number of aromatic nitrogens is 4. The first-order valence-electron chi connectivity index (χ1n) is 10.9. The molecular weight excluding hydrogens is 483 g/mol. The second-order valence-corrected chi connectivity index (χ2v) is 9.57. The van der Waals surface area contributed by atoms with Crippen LogP contribution in [0.1, 0.15) is 11.3 Å². The van der Waals surface area contributed by atoms with E-state index in [1.54, 1.807) is 60.8 Å². The standard InChI is InChI=1S/C26H19FN4O4S/c1-17-5-11-21(12-6-17)36(33,34)35-25-26(32)31(16-20-4-2-3-15-28-20)24-23(30-25)14-13-22(29-24)18-7-9-19(27)10-8-18/h2-15H,16H2,1H3. The summed E-state index contributed by atoms with van der Waals surface area (Å²) < 4.78 is 45.6. The highest BCUT2D eigenvalue weighted by molar-refractivity contribution is 7.87. The van der Waals surface area contributed by atoms with E-state index in [1.165, 1.54) is 28.8 Å². The Morgan fingerprint density at radius 1 is 0.917 bits per heavy atom. The van der Waals surface area contributed by atoms with E-state index in [1.807, 2.05) is 6.92 Å². The SMILES string of the molecule is Cc1ccc(S(=O)(=O)Oc2nc3ccc(-c4ccc(F)cc4)nc3n(Cc3ccccn3)c2=O)cc1. The van der Waals surface area contributed by atoms with Gasteiger partial charge in [0.2, 0.25) is 0 Å². The van der Waals surface area contributed by atoms with E-state index in [0.29, 0.717) is 17.0 Å². The minimum atomic E-state index is -4.31. The molecule has 5 rings (SSSR count). The maximum atomic E-state index is 13.4. The molecule has 0 radical (unpaired) electrons. The van der Waals surface area contributed by atoms with Crippen molar-refractivity contribution in [2.24, 2.45) is 0 Å². The molecule has 0 saturated heterocycles. The monoisotopic (exact) mass is 502 g/mol. The maximum absolute atomic E-state index is 13.4. The van der Waals surface area contributed by atoms with Crippen molar-refractivity contribution < 1.29 is 17.0 Å². The van der Waals surface area contributed by atoms with Gasteiger partial charge in [-0.2, -0.15) is 8.42 Å². The van der Waals surface area contributed by atoms with Crippen LogP contribution in [0.3, 0.4) is 0 Å². The smallest absolute Gasteiger partial charge is 0.340 e. The summed E-state index contributed by atoms with van der Waals surface area (Å²) in [7, 11) is -4.31. The van der Waals surface area contributed by atoms with Gasteiger partial charge < -0.3 is 4.18 Å². The number of fused-ring (bicyclic) bond motifs is 1. The zero-order valence-electron chi connectivity index (χ0n) is 19.0. The Kier molecular flexibility index (Phi) is 6.03. The minimum absolute atomic E-state index is 0.000492. The molecule has 180 valence electrons. The summed E-state index contributed by atoms with van der Waals surface area (Å²) in [5, 5.41) is 0. The van der Waals surface area contributed by atoms with Crippen molar-refractivity contribution in [1.82, 2.24) is 19.5 Å². The predicted octanol–water partition coefficient (Wildman–Crippen LogP) is 4.12. The summed E-state index contributed by atoms with van der Waals surface area (Å²) in [5.74, 6) is -0.986. The number of hydrogen-bond donors (Lipinski definition) is 0. The van der Waals surface area contributed by atoms with Gasteiger partial charge in [0.15, 0.2) is 5.65 Å². The summed E-state index contributed by atoms with van der Waals surface area (Å²) in [6.07, 6.45) is 1.58. The number of hydrogen-bond acceptors (Lipinski definition) is 7. The molecule has 0 fully saturated rings. The van der Waals surface area contributed by atoms with E-state index in [-0.39, 0.29) is 28.4 Å². The largest absolute Gasteiger partial charge is 0.352 e. The van der Waals surface area contributed by atoms with Gasteiger partial charge in [-0.1, -0.05) is 23.8 Å². The Morgan fingerprint density at radius 2 is 1.67 bits per heavy atom. The average molecular weight is 503 g/mol. The molecule has 0 saturated carbocycles. The first kappa shape index (κ1) is 23.3. The van der Waals surface area contributed by atoms with Crippen LogP contribution in [0.2, 0.25) is 0 Å². The molecule has 10 heteroatoms. The molecule has 3 aromatic heterocycles. The number of rotatable bonds is 6. The van der Waals surface area contributed by atoms with Crippen molar-refractivity contribution >= 4 is 21.3 Å². The summed E-state index contributed by atoms with van der Waals surface area (Å²) in [6, 6.07) is 20.3. The van der Waals surface area contributed by atoms with Crippen molar-refractivity contribution in [3.8, 4) is 17.1 Å². The third-order valence-corrected chi connectivity index (χ3v) is 6.67. The van der Waals surface area contributed by atoms with Crippen molar-refractivity contribution in [2.45, 2.75) is 18.4 Å². The van der Waals surface area contributed by atoms with Gasteiger partial charge in [-0.3, -0.25) is 14.3 Å². The number of benzene rings is 2. The van der Waals surface area contributed by atoms with Gasteiger partial charge in [0, 0.05) is 11.8 Å². The molecular formula is C26H19FN4O4S. The molecule has 3 heterocycles. The molecule has 8 nitrogen and oxygen atoms in total. The molecule has 36 heavy (non-hydrogen) atoms. The average Bonchev–Trinajstić information content (AvgIpc) is 2.87. The Labute approximate surface area is 205 Å². The molecule has 0 unspecified atom stereocenters. The Hall–Kier alpha value is -4.44. The van der Waals surface area contributed by atoms with Gasteiger partial charge in [0.05, 0.1) is 17.9 Å². The lowest BCUT2D eigenvalue weighted by Gasteiger charge is -2.13. The summed E-state index contributed by atoms with van der Waals surface area (Å²) in [5.41, 5.74) is 2.20. The van der Waals surface area contributed by atoms with Crippen LogP contribution in [0.25, 0.3) is 22.4 Å². The first-order chi connectivity index (χ1) is 17.3. The molecule has 0 aliphatic heterocycles. The van der Waals surface area contributed by atoms with Crippen LogP contribution in [-0.4, -0.2) is 27.9 Å². The molecule has 0 bridgehead atoms. The predicted molar refractivity (Wildman–Crippen MR) is 132 cm³/mol. The van der Waals surface area contributed by atoms with Crippen molar-refractivity contribution in [1.29, 1.82) is 0 Å². The second-order valence-electron chi connectivity index (χ2n) is 8.03. The lowest BCUT2D eigenvalue weighted by Crippen LogP contribution is -2.27. The number of aryl methyl sites for hydroxylation is 1. The van der Waals surface area contributed by atoms with E-state index in [2.05, 4.69) is 15.0 Å². The van der Waals surface area contributed by atoms with Crippen LogP contribution >= 0.6 is 0 Å². The maximum Gasteiger partial charge on any atom is 0.340 e. The second kappa shape index (κ2) is 9.31. The van der Waals surface area contributed by atoms with Gasteiger partial charge in [0.25, 0.3) is 5.88 Å². The fourth-order valence-electron chi connectivity index (χ4n) is 3.59. The quantitative estimate of drug-likeness (QED) is 0.322. The summed E-state index contributed by atoms with van der Waals surface area (Å²) in [6.45, 7) is 1.82. The van der Waals surface area contributed by atoms with Crippen LogP contribution in [0, 0.1) is 12.7 Å². The van der Waals surface area contributed by atoms with Crippen LogP contribution in [-0.2, 0) is 16.7 Å². The van der Waals surface area contributed by atoms with E-state index in [9.17, 15) is 17.6 Å². The summed E-state index contributed by atoms with van der Waals surface area (Å²) in [4.78, 5) is 26.4.